The van der Waals surface area contributed by atoms with Crippen LogP contribution in [0.25, 0.3) is 0 Å². The molecule has 0 radical (unpaired) electrons. The van der Waals surface area contributed by atoms with Gasteiger partial charge in [0.1, 0.15) is 0 Å². The van der Waals surface area contributed by atoms with Crippen LogP contribution in [0.2, 0.25) is 0 Å². The molecule has 158 valence electrons. The molecule has 2 aromatic rings. The van der Waals surface area contributed by atoms with Crippen molar-refractivity contribution in [1.82, 2.24) is 4.90 Å². The van der Waals surface area contributed by atoms with Gasteiger partial charge in [-0.2, -0.15) is 0 Å². The molecule has 0 fully saturated rings. The van der Waals surface area contributed by atoms with Crippen molar-refractivity contribution in [3.05, 3.63) is 64.2 Å². The Morgan fingerprint density at radius 3 is 2.07 bits per heavy atom. The maximum absolute atomic E-state index is 13.5. The molecule has 0 saturated carbocycles. The average molecular weight is 408 g/mol. The molecule has 1 heterocycles. The van der Waals surface area contributed by atoms with E-state index in [0.717, 1.165) is 11.1 Å². The summed E-state index contributed by atoms with van der Waals surface area (Å²) < 4.78 is 0. The highest BCUT2D eigenvalue weighted by Gasteiger charge is 2.42. The first kappa shape index (κ1) is 21.7. The van der Waals surface area contributed by atoms with Crippen molar-refractivity contribution in [2.75, 3.05) is 25.1 Å². The average Bonchev–Trinajstić information content (AvgIpc) is 2.97. The van der Waals surface area contributed by atoms with Crippen molar-refractivity contribution < 1.29 is 19.5 Å². The summed E-state index contributed by atoms with van der Waals surface area (Å²) >= 11 is 0. The molecule has 3 rings (SSSR count). The summed E-state index contributed by atoms with van der Waals surface area (Å²) in [6.07, 6.45) is 0. The number of imide groups is 1. The zero-order valence-corrected chi connectivity index (χ0v) is 18.1. The quantitative estimate of drug-likeness (QED) is 0.738. The van der Waals surface area contributed by atoms with Crippen molar-refractivity contribution in [3.63, 3.8) is 0 Å². The fraction of sp³-hybridized carbons (Fsp3) is 0.375. The first-order valence-corrected chi connectivity index (χ1v) is 10.2. The summed E-state index contributed by atoms with van der Waals surface area (Å²) in [5.41, 5.74) is 3.00. The third kappa shape index (κ3) is 3.52. The van der Waals surface area contributed by atoms with Crippen LogP contribution in [-0.2, 0) is 0 Å². The van der Waals surface area contributed by atoms with Gasteiger partial charge in [-0.05, 0) is 35.1 Å². The summed E-state index contributed by atoms with van der Waals surface area (Å²) in [7, 11) is 1.56. The molecular weight excluding hydrogens is 380 g/mol. The molecule has 3 amide bonds. The minimum atomic E-state index is -0.480. The number of likely N-dealkylation sites (N-methyl/N-ethyl adjacent to an activating group) is 1. The van der Waals surface area contributed by atoms with Gasteiger partial charge in [-0.15, -0.1) is 0 Å². The lowest BCUT2D eigenvalue weighted by Gasteiger charge is -2.25. The Kier molecular flexibility index (Phi) is 6.08. The number of para-hydroxylation sites is 1. The van der Waals surface area contributed by atoms with E-state index in [-0.39, 0.29) is 41.7 Å². The molecule has 1 aliphatic rings. The summed E-state index contributed by atoms with van der Waals surface area (Å²) in [5, 5.41) is 9.15. The number of amides is 3. The molecule has 2 aromatic carbocycles. The van der Waals surface area contributed by atoms with Gasteiger partial charge in [0.25, 0.3) is 17.7 Å². The van der Waals surface area contributed by atoms with Crippen molar-refractivity contribution >= 4 is 23.4 Å². The lowest BCUT2D eigenvalue weighted by molar-refractivity contribution is 0.0761. The normalized spacial score (nSPS) is 13.4. The number of rotatable bonds is 6. The van der Waals surface area contributed by atoms with Gasteiger partial charge in [0.2, 0.25) is 0 Å². The predicted octanol–water partition coefficient (Wildman–Crippen LogP) is 3.80. The molecule has 0 atom stereocenters. The van der Waals surface area contributed by atoms with Crippen molar-refractivity contribution in [2.45, 2.75) is 39.5 Å². The molecule has 6 heteroatoms. The molecular formula is C24H28N2O4. The highest BCUT2D eigenvalue weighted by atomic mass is 16.3. The van der Waals surface area contributed by atoms with Crippen LogP contribution < -0.4 is 4.90 Å². The Labute approximate surface area is 177 Å². The van der Waals surface area contributed by atoms with Crippen LogP contribution in [0, 0.1) is 0 Å². The Morgan fingerprint density at radius 2 is 1.53 bits per heavy atom. The monoisotopic (exact) mass is 408 g/mol. The maximum Gasteiger partial charge on any atom is 0.266 e. The number of hydrogen-bond acceptors (Lipinski definition) is 4. The molecule has 0 spiro atoms. The number of hydrogen-bond donors (Lipinski definition) is 1. The van der Waals surface area contributed by atoms with Crippen LogP contribution in [0.4, 0.5) is 5.69 Å². The van der Waals surface area contributed by atoms with Gasteiger partial charge in [-0.25, -0.2) is 4.90 Å². The Morgan fingerprint density at radius 1 is 0.967 bits per heavy atom. The largest absolute Gasteiger partial charge is 0.395 e. The van der Waals surface area contributed by atoms with Gasteiger partial charge in [-0.1, -0.05) is 52.0 Å². The first-order chi connectivity index (χ1) is 14.2. The van der Waals surface area contributed by atoms with E-state index in [1.54, 1.807) is 25.2 Å². The summed E-state index contributed by atoms with van der Waals surface area (Å²) in [6.45, 7) is 8.07. The number of aliphatic hydroxyl groups is 1. The van der Waals surface area contributed by atoms with E-state index in [4.69, 9.17) is 5.11 Å². The fourth-order valence-electron chi connectivity index (χ4n) is 3.89. The molecule has 1 aliphatic heterocycles. The first-order valence-electron chi connectivity index (χ1n) is 10.2. The summed E-state index contributed by atoms with van der Waals surface area (Å²) in [6, 6.07) is 10.6. The molecule has 1 N–H and O–H groups in total. The molecule has 0 aromatic heterocycles. The summed E-state index contributed by atoms with van der Waals surface area (Å²) in [5.74, 6) is -1.07. The van der Waals surface area contributed by atoms with Crippen LogP contribution in [0.5, 0.6) is 0 Å². The number of anilines is 1. The van der Waals surface area contributed by atoms with E-state index in [1.807, 2.05) is 45.9 Å². The molecule has 30 heavy (non-hydrogen) atoms. The maximum atomic E-state index is 13.5. The lowest BCUT2D eigenvalue weighted by atomic mass is 9.92. The highest BCUT2D eigenvalue weighted by molar-refractivity contribution is 6.36. The molecule has 0 saturated heterocycles. The van der Waals surface area contributed by atoms with Crippen molar-refractivity contribution in [3.8, 4) is 0 Å². The SMILES string of the molecule is CC(C)c1cccc(C(C)C)c1N1C(=O)c2cccc(C(=O)N(C)CCO)c2C1=O. The number of nitrogens with zero attached hydrogens (tertiary/aromatic N) is 2. The molecule has 0 bridgehead atoms. The number of carbonyl (C=O) groups is 3. The number of fused-ring (bicyclic) bond motifs is 1. The van der Waals surface area contributed by atoms with Gasteiger partial charge in [0, 0.05) is 13.6 Å². The van der Waals surface area contributed by atoms with Crippen LogP contribution >= 0.6 is 0 Å². The lowest BCUT2D eigenvalue weighted by Crippen LogP contribution is -2.33. The molecule has 6 nitrogen and oxygen atoms in total. The zero-order chi connectivity index (χ0) is 22.2. The standard InChI is InChI=1S/C24H28N2O4/c1-14(2)16-8-6-9-17(15(3)4)21(16)26-23(29)19-11-7-10-18(20(19)24(26)30)22(28)25(5)12-13-27/h6-11,14-15,27H,12-13H2,1-5H3. The third-order valence-corrected chi connectivity index (χ3v) is 5.49. The van der Waals surface area contributed by atoms with E-state index in [9.17, 15) is 14.4 Å². The molecule has 0 unspecified atom stereocenters. The fourth-order valence-corrected chi connectivity index (χ4v) is 3.89. The van der Waals surface area contributed by atoms with E-state index >= 15 is 0 Å². The van der Waals surface area contributed by atoms with E-state index in [0.29, 0.717) is 5.69 Å². The van der Waals surface area contributed by atoms with E-state index in [2.05, 4.69) is 0 Å². The van der Waals surface area contributed by atoms with Crippen LogP contribution in [-0.4, -0.2) is 47.9 Å². The zero-order valence-electron chi connectivity index (χ0n) is 18.1. The third-order valence-electron chi connectivity index (χ3n) is 5.49. The molecule has 0 aliphatic carbocycles. The van der Waals surface area contributed by atoms with Crippen molar-refractivity contribution in [1.29, 1.82) is 0 Å². The summed E-state index contributed by atoms with van der Waals surface area (Å²) in [4.78, 5) is 42.4. The van der Waals surface area contributed by atoms with Crippen LogP contribution in [0.3, 0.4) is 0 Å². The van der Waals surface area contributed by atoms with Crippen LogP contribution in [0.1, 0.15) is 81.7 Å². The Balaban J connectivity index is 2.19. The minimum absolute atomic E-state index is 0.111. The number of benzene rings is 2. The van der Waals surface area contributed by atoms with Gasteiger partial charge in [0.15, 0.2) is 0 Å². The number of carbonyl (C=O) groups excluding carboxylic acids is 3. The van der Waals surface area contributed by atoms with Gasteiger partial charge < -0.3 is 10.0 Å². The highest BCUT2D eigenvalue weighted by Crippen LogP contribution is 2.40. The predicted molar refractivity (Wildman–Crippen MR) is 116 cm³/mol. The number of aliphatic hydroxyl groups excluding tert-OH is 1. The second-order valence-corrected chi connectivity index (χ2v) is 8.22. The minimum Gasteiger partial charge on any atom is -0.395 e. The van der Waals surface area contributed by atoms with Gasteiger partial charge in [-0.3, -0.25) is 14.4 Å². The van der Waals surface area contributed by atoms with Crippen LogP contribution in [0.15, 0.2) is 36.4 Å². The smallest absolute Gasteiger partial charge is 0.266 e. The van der Waals surface area contributed by atoms with Crippen molar-refractivity contribution in [2.24, 2.45) is 0 Å². The topological polar surface area (TPSA) is 77.9 Å². The Bertz CT molecular complexity index is 984. The Hall–Kier alpha value is -2.99. The second kappa shape index (κ2) is 8.40. The van der Waals surface area contributed by atoms with Gasteiger partial charge >= 0.3 is 0 Å². The van der Waals surface area contributed by atoms with E-state index in [1.165, 1.54) is 9.80 Å². The van der Waals surface area contributed by atoms with E-state index < -0.39 is 17.7 Å². The second-order valence-electron chi connectivity index (χ2n) is 8.22. The van der Waals surface area contributed by atoms with Gasteiger partial charge in [0.05, 0.1) is 29.0 Å².